The molecule has 1 fully saturated rings. The van der Waals surface area contributed by atoms with Crippen LogP contribution in [0.15, 0.2) is 58.7 Å². The second-order valence-electron chi connectivity index (χ2n) is 9.16. The van der Waals surface area contributed by atoms with E-state index in [0.717, 1.165) is 16.0 Å². The maximum absolute atomic E-state index is 13.7. The van der Waals surface area contributed by atoms with Gasteiger partial charge in [-0.1, -0.05) is 0 Å². The van der Waals surface area contributed by atoms with Gasteiger partial charge in [0.2, 0.25) is 11.8 Å². The van der Waals surface area contributed by atoms with Crippen LogP contribution in [-0.2, 0) is 14.3 Å². The normalized spacial score (nSPS) is 14.8. The molecule has 1 aliphatic rings. The van der Waals surface area contributed by atoms with Crippen molar-refractivity contribution >= 4 is 50.6 Å². The lowest BCUT2D eigenvalue weighted by atomic mass is 10.1. The van der Waals surface area contributed by atoms with Crippen LogP contribution in [0.2, 0.25) is 0 Å². The van der Waals surface area contributed by atoms with Crippen molar-refractivity contribution in [3.8, 4) is 17.2 Å². The van der Waals surface area contributed by atoms with Gasteiger partial charge in [0.25, 0.3) is 5.56 Å². The Kier molecular flexibility index (Phi) is 8.02. The number of ether oxygens (including phenoxy) is 3. The van der Waals surface area contributed by atoms with Crippen molar-refractivity contribution in [2.75, 3.05) is 37.1 Å². The first-order chi connectivity index (χ1) is 19.8. The first-order valence-electron chi connectivity index (χ1n) is 13.0. The summed E-state index contributed by atoms with van der Waals surface area (Å²) in [6, 6.07) is 13.7. The zero-order valence-corrected chi connectivity index (χ0v) is 23.5. The average molecular weight is 577 g/mol. The number of aromatic nitrogens is 2. The zero-order chi connectivity index (χ0) is 29.1. The fourth-order valence-corrected chi connectivity index (χ4v) is 5.57. The van der Waals surface area contributed by atoms with Crippen LogP contribution in [0.5, 0.6) is 11.5 Å². The van der Waals surface area contributed by atoms with E-state index < -0.39 is 23.4 Å². The Morgan fingerprint density at radius 3 is 2.34 bits per heavy atom. The average Bonchev–Trinajstić information content (AvgIpc) is 3.58. The minimum atomic E-state index is -0.690. The third-order valence-corrected chi connectivity index (χ3v) is 7.53. The highest BCUT2D eigenvalue weighted by Gasteiger charge is 2.36. The second kappa shape index (κ2) is 11.8. The van der Waals surface area contributed by atoms with E-state index in [1.54, 1.807) is 72.8 Å². The maximum atomic E-state index is 13.7. The number of rotatable bonds is 9. The van der Waals surface area contributed by atoms with Crippen molar-refractivity contribution < 1.29 is 28.6 Å². The molecule has 0 bridgehead atoms. The summed E-state index contributed by atoms with van der Waals surface area (Å²) in [5.41, 5.74) is 0.506. The summed E-state index contributed by atoms with van der Waals surface area (Å²) in [6.45, 7) is 4.34. The molecule has 0 radical (unpaired) electrons. The molecule has 212 valence electrons. The number of anilines is 2. The van der Waals surface area contributed by atoms with Gasteiger partial charge in [0.15, 0.2) is 5.69 Å². The Bertz CT molecular complexity index is 1660. The minimum absolute atomic E-state index is 0.0210. The van der Waals surface area contributed by atoms with Gasteiger partial charge >= 0.3 is 5.97 Å². The minimum Gasteiger partial charge on any atom is -0.497 e. The summed E-state index contributed by atoms with van der Waals surface area (Å²) >= 11 is 1.10. The van der Waals surface area contributed by atoms with Gasteiger partial charge in [0.1, 0.15) is 16.5 Å². The summed E-state index contributed by atoms with van der Waals surface area (Å²) in [4.78, 5) is 54.2. The van der Waals surface area contributed by atoms with Gasteiger partial charge in [0, 0.05) is 29.4 Å². The van der Waals surface area contributed by atoms with Crippen molar-refractivity contribution in [2.24, 2.45) is 5.92 Å². The number of hydrogen-bond acceptors (Lipinski definition) is 9. The smallest absolute Gasteiger partial charge is 0.359 e. The standard InChI is InChI=1S/C29H28N4O7S/c1-4-39-21-12-8-19(9-13-21)33-28(36)24-22(25(31-33)29(37)40-5-2)16-41-27(24)30-26(35)17-14-23(34)32(15-17)18-6-10-20(38-3)11-7-18/h6-13,16-17H,4-5,14-15H2,1-3H3,(H,30,35). The predicted octanol–water partition coefficient (Wildman–Crippen LogP) is 4.02. The Morgan fingerprint density at radius 2 is 1.68 bits per heavy atom. The van der Waals surface area contributed by atoms with Gasteiger partial charge in [-0.15, -0.1) is 11.3 Å². The Hall–Kier alpha value is -4.71. The highest BCUT2D eigenvalue weighted by atomic mass is 32.1. The Balaban J connectivity index is 1.47. The molecule has 3 heterocycles. The molecule has 0 saturated carbocycles. The molecule has 1 N–H and O–H groups in total. The molecule has 41 heavy (non-hydrogen) atoms. The maximum Gasteiger partial charge on any atom is 0.359 e. The molecule has 0 spiro atoms. The number of amides is 2. The van der Waals surface area contributed by atoms with Crippen LogP contribution in [0.25, 0.3) is 16.5 Å². The van der Waals surface area contributed by atoms with E-state index in [0.29, 0.717) is 29.5 Å². The van der Waals surface area contributed by atoms with Crippen LogP contribution in [0.3, 0.4) is 0 Å². The molecule has 1 saturated heterocycles. The number of nitrogens with zero attached hydrogens (tertiary/aromatic N) is 3. The van der Waals surface area contributed by atoms with E-state index in [1.165, 1.54) is 0 Å². The second-order valence-corrected chi connectivity index (χ2v) is 10.0. The van der Waals surface area contributed by atoms with Crippen LogP contribution in [0.1, 0.15) is 30.8 Å². The van der Waals surface area contributed by atoms with Crippen molar-refractivity contribution in [1.82, 2.24) is 9.78 Å². The van der Waals surface area contributed by atoms with Gasteiger partial charge in [-0.3, -0.25) is 14.4 Å². The summed E-state index contributed by atoms with van der Waals surface area (Å²) in [5, 5.41) is 9.42. The molecule has 2 aromatic heterocycles. The van der Waals surface area contributed by atoms with E-state index in [9.17, 15) is 19.2 Å². The zero-order valence-electron chi connectivity index (χ0n) is 22.7. The van der Waals surface area contributed by atoms with Gasteiger partial charge in [-0.05, 0) is 62.4 Å². The molecule has 1 atom stereocenters. The Labute approximate surface area is 239 Å². The highest BCUT2D eigenvalue weighted by Crippen LogP contribution is 2.33. The summed E-state index contributed by atoms with van der Waals surface area (Å²) in [6.07, 6.45) is 0.0210. The number of carbonyl (C=O) groups excluding carboxylic acids is 3. The number of fused-ring (bicyclic) bond motifs is 1. The lowest BCUT2D eigenvalue weighted by Crippen LogP contribution is -2.29. The van der Waals surface area contributed by atoms with Crippen molar-refractivity contribution in [1.29, 1.82) is 0 Å². The summed E-state index contributed by atoms with van der Waals surface area (Å²) in [5.74, 6) is -0.635. The highest BCUT2D eigenvalue weighted by molar-refractivity contribution is 7.16. The van der Waals surface area contributed by atoms with E-state index in [-0.39, 0.29) is 46.9 Å². The van der Waals surface area contributed by atoms with Gasteiger partial charge in [-0.2, -0.15) is 9.78 Å². The molecule has 1 unspecified atom stereocenters. The number of hydrogen-bond donors (Lipinski definition) is 1. The third-order valence-electron chi connectivity index (χ3n) is 6.63. The molecule has 1 aliphatic heterocycles. The number of carbonyl (C=O) groups is 3. The molecule has 12 heteroatoms. The largest absolute Gasteiger partial charge is 0.497 e. The van der Waals surface area contributed by atoms with Crippen molar-refractivity contribution in [3.05, 3.63) is 70.0 Å². The third kappa shape index (κ3) is 5.50. The molecule has 5 rings (SSSR count). The van der Waals surface area contributed by atoms with Crippen LogP contribution in [-0.4, -0.2) is 54.4 Å². The Morgan fingerprint density at radius 1 is 1.00 bits per heavy atom. The van der Waals surface area contributed by atoms with Gasteiger partial charge in [-0.25, -0.2) is 4.79 Å². The summed E-state index contributed by atoms with van der Waals surface area (Å²) < 4.78 is 17.0. The molecule has 4 aromatic rings. The number of thiophene rings is 1. The lowest BCUT2D eigenvalue weighted by molar-refractivity contribution is -0.122. The number of nitrogens with one attached hydrogen (secondary N) is 1. The van der Waals surface area contributed by atoms with Crippen molar-refractivity contribution in [2.45, 2.75) is 20.3 Å². The van der Waals surface area contributed by atoms with Crippen molar-refractivity contribution in [3.63, 3.8) is 0 Å². The molecule has 2 amide bonds. The van der Waals surface area contributed by atoms with E-state index in [2.05, 4.69) is 10.4 Å². The lowest BCUT2D eigenvalue weighted by Gasteiger charge is -2.17. The molecule has 11 nitrogen and oxygen atoms in total. The van der Waals surface area contributed by atoms with Crippen LogP contribution in [0, 0.1) is 5.92 Å². The van der Waals surface area contributed by atoms with E-state index in [1.807, 2.05) is 6.92 Å². The first-order valence-corrected chi connectivity index (χ1v) is 13.9. The number of esters is 1. The topological polar surface area (TPSA) is 129 Å². The van der Waals surface area contributed by atoms with Crippen LogP contribution >= 0.6 is 11.3 Å². The van der Waals surface area contributed by atoms with E-state index in [4.69, 9.17) is 14.2 Å². The van der Waals surface area contributed by atoms with Crippen LogP contribution in [0.4, 0.5) is 10.7 Å². The molecule has 0 aliphatic carbocycles. The first kappa shape index (κ1) is 27.8. The number of benzene rings is 2. The number of methoxy groups -OCH3 is 1. The predicted molar refractivity (Wildman–Crippen MR) is 154 cm³/mol. The monoisotopic (exact) mass is 576 g/mol. The van der Waals surface area contributed by atoms with Gasteiger partial charge < -0.3 is 24.4 Å². The SMILES string of the molecule is CCOC(=O)c1nn(-c2ccc(OCC)cc2)c(=O)c2c(NC(=O)C3CC(=O)N(c4ccc(OC)cc4)C3)scc12. The molecule has 2 aromatic carbocycles. The fraction of sp³-hybridized carbons (Fsp3) is 0.276. The fourth-order valence-electron chi connectivity index (χ4n) is 4.63. The van der Waals surface area contributed by atoms with Gasteiger partial charge in [0.05, 0.1) is 37.3 Å². The quantitative estimate of drug-likeness (QED) is 0.296. The molecular weight excluding hydrogens is 548 g/mol. The van der Waals surface area contributed by atoms with E-state index >= 15 is 0 Å². The van der Waals surface area contributed by atoms with Crippen LogP contribution < -0.4 is 25.2 Å². The molecular formula is C29H28N4O7S. The summed E-state index contributed by atoms with van der Waals surface area (Å²) in [7, 11) is 1.56.